The quantitative estimate of drug-likeness (QED) is 0.693. The van der Waals surface area contributed by atoms with E-state index in [2.05, 4.69) is 0 Å². The molecule has 4 nitrogen and oxygen atoms in total. The van der Waals surface area contributed by atoms with Crippen LogP contribution in [0.2, 0.25) is 0 Å². The molecule has 1 heterocycles. The number of para-hydroxylation sites is 1. The predicted molar refractivity (Wildman–Crippen MR) is 56.0 cm³/mol. The molecule has 0 radical (unpaired) electrons. The van der Waals surface area contributed by atoms with Gasteiger partial charge < -0.3 is 9.90 Å². The zero-order valence-corrected chi connectivity index (χ0v) is 9.48. The number of rotatable bonds is 2. The van der Waals surface area contributed by atoms with Crippen molar-refractivity contribution >= 4 is 5.97 Å². The van der Waals surface area contributed by atoms with Crippen LogP contribution in [-0.4, -0.2) is 10.7 Å². The lowest BCUT2D eigenvalue weighted by Gasteiger charge is -2.04. The van der Waals surface area contributed by atoms with Gasteiger partial charge in [0.15, 0.2) is 12.9 Å². The first kappa shape index (κ1) is 11.3. The standard InChI is InChI=1S/C12H11FN2O2/c1-8-7-11(12(16)17)14(2)15(8)10-6-4-3-5-9(10)13/h3-7H,1-2H3. The van der Waals surface area contributed by atoms with Crippen molar-refractivity contribution in [3.63, 3.8) is 0 Å². The average molecular weight is 234 g/mol. The highest BCUT2D eigenvalue weighted by Gasteiger charge is 2.21. The van der Waals surface area contributed by atoms with E-state index < -0.39 is 11.8 Å². The molecule has 0 amide bonds. The van der Waals surface area contributed by atoms with Gasteiger partial charge in [0.25, 0.3) is 5.69 Å². The van der Waals surface area contributed by atoms with E-state index in [-0.39, 0.29) is 5.69 Å². The molecule has 17 heavy (non-hydrogen) atoms. The molecule has 0 aliphatic carbocycles. The Morgan fingerprint density at radius 1 is 1.41 bits per heavy atom. The fraction of sp³-hybridized carbons (Fsp3) is 0.167. The van der Waals surface area contributed by atoms with E-state index in [0.29, 0.717) is 11.4 Å². The summed E-state index contributed by atoms with van der Waals surface area (Å²) in [5.74, 6) is -1.70. The lowest BCUT2D eigenvalue weighted by atomic mass is 10.3. The van der Waals surface area contributed by atoms with Crippen LogP contribution in [0, 0.1) is 12.7 Å². The van der Waals surface area contributed by atoms with Crippen LogP contribution >= 0.6 is 0 Å². The second kappa shape index (κ2) is 4.01. The van der Waals surface area contributed by atoms with E-state index in [1.807, 2.05) is 0 Å². The maximum Gasteiger partial charge on any atom is 0.254 e. The zero-order valence-electron chi connectivity index (χ0n) is 9.48. The Morgan fingerprint density at radius 2 is 2.06 bits per heavy atom. The molecule has 2 aromatic rings. The Hall–Kier alpha value is -2.17. The van der Waals surface area contributed by atoms with Crippen LogP contribution in [0.15, 0.2) is 30.3 Å². The van der Waals surface area contributed by atoms with Crippen molar-refractivity contribution in [1.29, 1.82) is 0 Å². The minimum atomic E-state index is -1.29. The van der Waals surface area contributed by atoms with Gasteiger partial charge in [0, 0.05) is 6.07 Å². The summed E-state index contributed by atoms with van der Waals surface area (Å²) in [7, 11) is 1.55. The molecule has 0 atom stereocenters. The van der Waals surface area contributed by atoms with Crippen molar-refractivity contribution in [3.8, 4) is 5.69 Å². The Balaban J connectivity index is 2.69. The topological polar surface area (TPSA) is 48.9 Å². The van der Waals surface area contributed by atoms with Gasteiger partial charge in [0.2, 0.25) is 0 Å². The van der Waals surface area contributed by atoms with Crippen molar-refractivity contribution in [3.05, 3.63) is 47.5 Å². The van der Waals surface area contributed by atoms with Gasteiger partial charge in [-0.2, -0.15) is 0 Å². The molecule has 0 saturated carbocycles. The summed E-state index contributed by atoms with van der Waals surface area (Å²) < 4.78 is 16.5. The number of carbonyl (C=O) groups is 1. The molecular formula is C12H11FN2O2. The van der Waals surface area contributed by atoms with E-state index in [9.17, 15) is 14.3 Å². The number of hydrogen-bond donors (Lipinski definition) is 0. The molecular weight excluding hydrogens is 223 g/mol. The number of carboxylic acids is 1. The second-order valence-electron chi connectivity index (χ2n) is 3.75. The molecule has 0 N–H and O–H groups in total. The molecule has 1 aromatic heterocycles. The lowest BCUT2D eigenvalue weighted by Crippen LogP contribution is -2.46. The summed E-state index contributed by atoms with van der Waals surface area (Å²) in [6, 6.07) is 7.63. The highest BCUT2D eigenvalue weighted by molar-refractivity contribution is 5.81. The highest BCUT2D eigenvalue weighted by Crippen LogP contribution is 2.13. The van der Waals surface area contributed by atoms with Gasteiger partial charge in [-0.1, -0.05) is 12.1 Å². The van der Waals surface area contributed by atoms with E-state index in [1.54, 1.807) is 32.2 Å². The summed E-state index contributed by atoms with van der Waals surface area (Å²) in [6.45, 7) is 1.71. The van der Waals surface area contributed by atoms with E-state index in [0.717, 1.165) is 0 Å². The van der Waals surface area contributed by atoms with E-state index in [4.69, 9.17) is 0 Å². The van der Waals surface area contributed by atoms with E-state index in [1.165, 1.54) is 21.5 Å². The minimum Gasteiger partial charge on any atom is -0.539 e. The molecule has 0 bridgehead atoms. The monoisotopic (exact) mass is 234 g/mol. The number of carboxylic acid groups (broad SMARTS) is 1. The Morgan fingerprint density at radius 3 is 2.59 bits per heavy atom. The van der Waals surface area contributed by atoms with Crippen LogP contribution in [0.5, 0.6) is 0 Å². The number of nitrogens with zero attached hydrogens (tertiary/aromatic N) is 2. The molecule has 1 aromatic carbocycles. The first-order valence-corrected chi connectivity index (χ1v) is 5.07. The normalized spacial score (nSPS) is 10.5. The Bertz CT molecular complexity index is 590. The number of hydrogen-bond acceptors (Lipinski definition) is 2. The summed E-state index contributed by atoms with van der Waals surface area (Å²) in [5, 5.41) is 10.9. The number of halogens is 1. The second-order valence-corrected chi connectivity index (χ2v) is 3.75. The van der Waals surface area contributed by atoms with Crippen molar-refractivity contribution in [2.45, 2.75) is 6.92 Å². The van der Waals surface area contributed by atoms with Crippen LogP contribution in [0.1, 0.15) is 16.2 Å². The third kappa shape index (κ3) is 1.80. The van der Waals surface area contributed by atoms with Crippen molar-refractivity contribution < 1.29 is 19.0 Å². The maximum absolute atomic E-state index is 13.6. The molecule has 0 fully saturated rings. The van der Waals surface area contributed by atoms with Crippen LogP contribution in [0.3, 0.4) is 0 Å². The first-order valence-electron chi connectivity index (χ1n) is 5.07. The predicted octanol–water partition coefficient (Wildman–Crippen LogP) is 0.113. The van der Waals surface area contributed by atoms with E-state index >= 15 is 0 Å². The van der Waals surface area contributed by atoms with Crippen LogP contribution in [0.25, 0.3) is 5.69 Å². The zero-order chi connectivity index (χ0) is 12.6. The number of aromatic nitrogens is 2. The van der Waals surface area contributed by atoms with Gasteiger partial charge in [0.05, 0.1) is 5.69 Å². The summed E-state index contributed by atoms with van der Waals surface area (Å²) >= 11 is 0. The number of aromatic carboxylic acids is 1. The lowest BCUT2D eigenvalue weighted by molar-refractivity contribution is -0.748. The number of carbonyl (C=O) groups excluding carboxylic acids is 1. The SMILES string of the molecule is Cc1cc(C(=O)[O-])[n+](C)n1-c1ccccc1F. The molecule has 5 heteroatoms. The summed E-state index contributed by atoms with van der Waals surface area (Å²) in [4.78, 5) is 10.9. The third-order valence-electron chi connectivity index (χ3n) is 2.62. The third-order valence-corrected chi connectivity index (χ3v) is 2.62. The molecule has 2 rings (SSSR count). The van der Waals surface area contributed by atoms with Crippen LogP contribution in [-0.2, 0) is 7.05 Å². The average Bonchev–Trinajstić information content (AvgIpc) is 2.56. The number of aryl methyl sites for hydroxylation is 1. The first-order chi connectivity index (χ1) is 8.02. The molecule has 0 unspecified atom stereocenters. The smallest absolute Gasteiger partial charge is 0.254 e. The largest absolute Gasteiger partial charge is 0.539 e. The van der Waals surface area contributed by atoms with Crippen molar-refractivity contribution in [2.75, 3.05) is 0 Å². The fourth-order valence-corrected chi connectivity index (χ4v) is 1.86. The number of benzene rings is 1. The molecule has 0 aliphatic heterocycles. The van der Waals surface area contributed by atoms with Gasteiger partial charge in [-0.25, -0.2) is 4.39 Å². The molecule has 0 spiro atoms. The summed E-state index contributed by atoms with van der Waals surface area (Å²) in [5.41, 5.74) is 0.933. The van der Waals surface area contributed by atoms with Gasteiger partial charge in [-0.3, -0.25) is 0 Å². The van der Waals surface area contributed by atoms with Crippen LogP contribution < -0.4 is 9.79 Å². The Labute approximate surface area is 97.5 Å². The maximum atomic E-state index is 13.6. The minimum absolute atomic E-state index is 0.00533. The molecule has 0 aliphatic rings. The molecule has 0 saturated heterocycles. The highest BCUT2D eigenvalue weighted by atomic mass is 19.1. The molecule has 88 valence electrons. The van der Waals surface area contributed by atoms with Gasteiger partial charge >= 0.3 is 0 Å². The summed E-state index contributed by atoms with van der Waals surface area (Å²) in [6.07, 6.45) is 0. The van der Waals surface area contributed by atoms with Crippen LogP contribution in [0.4, 0.5) is 4.39 Å². The van der Waals surface area contributed by atoms with Crippen molar-refractivity contribution in [2.24, 2.45) is 7.05 Å². The van der Waals surface area contributed by atoms with Gasteiger partial charge in [0.1, 0.15) is 11.7 Å². The fourth-order valence-electron chi connectivity index (χ4n) is 1.86. The van der Waals surface area contributed by atoms with Gasteiger partial charge in [-0.15, -0.1) is 9.36 Å². The van der Waals surface area contributed by atoms with Crippen molar-refractivity contribution in [1.82, 2.24) is 4.68 Å². The van der Waals surface area contributed by atoms with Gasteiger partial charge in [-0.05, 0) is 19.1 Å². The Kier molecular flexibility index (Phi) is 2.67.